The number of hydrogen-bond donors (Lipinski definition) is 1. The Labute approximate surface area is 91.6 Å². The molecule has 15 heavy (non-hydrogen) atoms. The number of rotatable bonds is 7. The molecule has 1 rings (SSSR count). The van der Waals surface area contributed by atoms with Gasteiger partial charge in [-0.3, -0.25) is 4.68 Å². The van der Waals surface area contributed by atoms with Crippen LogP contribution in [0.3, 0.4) is 0 Å². The topological polar surface area (TPSA) is 39.1 Å². The van der Waals surface area contributed by atoms with Gasteiger partial charge in [0.2, 0.25) is 0 Å². The standard InChI is InChI=1S/C11H21N3O/c1-4-5-12-8-11-9-13-14(10(11)2)6-7-15-3/h9,12H,4-8H2,1-3H3. The third kappa shape index (κ3) is 3.64. The van der Waals surface area contributed by atoms with Crippen molar-refractivity contribution in [3.8, 4) is 0 Å². The summed E-state index contributed by atoms with van der Waals surface area (Å²) in [6, 6.07) is 0. The molecule has 0 aliphatic carbocycles. The highest BCUT2D eigenvalue weighted by Crippen LogP contribution is 2.06. The van der Waals surface area contributed by atoms with Crippen LogP contribution in [-0.2, 0) is 17.8 Å². The summed E-state index contributed by atoms with van der Waals surface area (Å²) in [5, 5.41) is 7.71. The van der Waals surface area contributed by atoms with E-state index in [-0.39, 0.29) is 0 Å². The van der Waals surface area contributed by atoms with Crippen LogP contribution in [0.5, 0.6) is 0 Å². The van der Waals surface area contributed by atoms with E-state index < -0.39 is 0 Å². The molecular formula is C11H21N3O. The maximum atomic E-state index is 5.03. The van der Waals surface area contributed by atoms with Crippen LogP contribution in [0.2, 0.25) is 0 Å². The second-order valence-electron chi connectivity index (χ2n) is 3.65. The van der Waals surface area contributed by atoms with Gasteiger partial charge >= 0.3 is 0 Å². The molecule has 0 bridgehead atoms. The first-order valence-corrected chi connectivity index (χ1v) is 5.50. The highest BCUT2D eigenvalue weighted by Gasteiger charge is 2.04. The van der Waals surface area contributed by atoms with Gasteiger partial charge in [0.15, 0.2) is 0 Å². The summed E-state index contributed by atoms with van der Waals surface area (Å²) in [5.74, 6) is 0. The molecule has 4 heteroatoms. The largest absolute Gasteiger partial charge is 0.383 e. The Morgan fingerprint density at radius 2 is 2.33 bits per heavy atom. The molecule has 0 aromatic carbocycles. The lowest BCUT2D eigenvalue weighted by Gasteiger charge is -2.05. The Hall–Kier alpha value is -0.870. The number of hydrogen-bond acceptors (Lipinski definition) is 3. The maximum Gasteiger partial charge on any atom is 0.0658 e. The molecule has 1 heterocycles. The molecule has 0 saturated carbocycles. The summed E-state index contributed by atoms with van der Waals surface area (Å²) in [7, 11) is 1.71. The number of nitrogens with zero attached hydrogens (tertiary/aromatic N) is 2. The van der Waals surface area contributed by atoms with Gasteiger partial charge in [0, 0.05) is 24.9 Å². The van der Waals surface area contributed by atoms with Crippen LogP contribution < -0.4 is 5.32 Å². The molecule has 1 N–H and O–H groups in total. The smallest absolute Gasteiger partial charge is 0.0658 e. The molecule has 4 nitrogen and oxygen atoms in total. The molecule has 0 saturated heterocycles. The van der Waals surface area contributed by atoms with Crippen molar-refractivity contribution in [1.29, 1.82) is 0 Å². The van der Waals surface area contributed by atoms with Crippen molar-refractivity contribution in [2.45, 2.75) is 33.4 Å². The Morgan fingerprint density at radius 3 is 3.00 bits per heavy atom. The summed E-state index contributed by atoms with van der Waals surface area (Å²) < 4.78 is 7.02. The van der Waals surface area contributed by atoms with E-state index in [4.69, 9.17) is 4.74 Å². The normalized spacial score (nSPS) is 10.9. The molecular weight excluding hydrogens is 190 g/mol. The van der Waals surface area contributed by atoms with Crippen molar-refractivity contribution in [1.82, 2.24) is 15.1 Å². The predicted molar refractivity (Wildman–Crippen MR) is 60.8 cm³/mol. The highest BCUT2D eigenvalue weighted by molar-refractivity contribution is 5.15. The van der Waals surface area contributed by atoms with Crippen molar-refractivity contribution in [2.75, 3.05) is 20.3 Å². The minimum Gasteiger partial charge on any atom is -0.383 e. The van der Waals surface area contributed by atoms with Gasteiger partial charge in [-0.05, 0) is 19.9 Å². The van der Waals surface area contributed by atoms with Gasteiger partial charge in [-0.1, -0.05) is 6.92 Å². The molecule has 0 unspecified atom stereocenters. The van der Waals surface area contributed by atoms with Crippen LogP contribution in [0.25, 0.3) is 0 Å². The van der Waals surface area contributed by atoms with Crippen LogP contribution in [0.4, 0.5) is 0 Å². The van der Waals surface area contributed by atoms with Crippen molar-refractivity contribution in [2.24, 2.45) is 0 Å². The zero-order valence-corrected chi connectivity index (χ0v) is 9.92. The average Bonchev–Trinajstić information content (AvgIpc) is 2.58. The number of ether oxygens (including phenoxy) is 1. The fourth-order valence-electron chi connectivity index (χ4n) is 1.46. The van der Waals surface area contributed by atoms with Gasteiger partial charge in [-0.25, -0.2) is 0 Å². The van der Waals surface area contributed by atoms with Crippen molar-refractivity contribution in [3.63, 3.8) is 0 Å². The van der Waals surface area contributed by atoms with E-state index in [2.05, 4.69) is 24.3 Å². The average molecular weight is 211 g/mol. The quantitative estimate of drug-likeness (QED) is 0.692. The van der Waals surface area contributed by atoms with Crippen LogP contribution >= 0.6 is 0 Å². The highest BCUT2D eigenvalue weighted by atomic mass is 16.5. The molecule has 86 valence electrons. The van der Waals surface area contributed by atoms with Gasteiger partial charge < -0.3 is 10.1 Å². The summed E-state index contributed by atoms with van der Waals surface area (Å²) in [4.78, 5) is 0. The van der Waals surface area contributed by atoms with E-state index in [0.717, 1.165) is 26.1 Å². The first kappa shape index (κ1) is 12.2. The molecule has 0 aliphatic rings. The molecule has 0 atom stereocenters. The van der Waals surface area contributed by atoms with E-state index in [0.29, 0.717) is 6.61 Å². The van der Waals surface area contributed by atoms with Crippen molar-refractivity contribution >= 4 is 0 Å². The van der Waals surface area contributed by atoms with E-state index in [1.54, 1.807) is 7.11 Å². The Balaban J connectivity index is 2.47. The van der Waals surface area contributed by atoms with Crippen LogP contribution in [0.15, 0.2) is 6.20 Å². The third-order valence-electron chi connectivity index (χ3n) is 2.45. The zero-order chi connectivity index (χ0) is 11.1. The predicted octanol–water partition coefficient (Wildman–Crippen LogP) is 1.34. The van der Waals surface area contributed by atoms with E-state index in [1.807, 2.05) is 10.9 Å². The first-order valence-electron chi connectivity index (χ1n) is 5.50. The molecule has 0 spiro atoms. The summed E-state index contributed by atoms with van der Waals surface area (Å²) in [6.07, 6.45) is 3.10. The minimum atomic E-state index is 0.713. The maximum absolute atomic E-state index is 5.03. The van der Waals surface area contributed by atoms with Gasteiger partial charge in [-0.15, -0.1) is 0 Å². The van der Waals surface area contributed by atoms with Crippen LogP contribution in [-0.4, -0.2) is 30.0 Å². The molecule has 1 aromatic rings. The Kier molecular flexibility index (Phi) is 5.36. The molecule has 1 aromatic heterocycles. The van der Waals surface area contributed by atoms with Crippen molar-refractivity contribution < 1.29 is 4.74 Å². The first-order chi connectivity index (χ1) is 7.29. The number of nitrogens with one attached hydrogen (secondary N) is 1. The molecule has 0 amide bonds. The minimum absolute atomic E-state index is 0.713. The SMILES string of the molecule is CCCNCc1cnn(CCOC)c1C. The monoisotopic (exact) mass is 211 g/mol. The lowest BCUT2D eigenvalue weighted by Crippen LogP contribution is -2.14. The van der Waals surface area contributed by atoms with E-state index in [1.165, 1.54) is 11.3 Å². The summed E-state index contributed by atoms with van der Waals surface area (Å²) in [5.41, 5.74) is 2.51. The Bertz CT molecular complexity index is 283. The molecule has 0 aliphatic heterocycles. The second-order valence-corrected chi connectivity index (χ2v) is 3.65. The number of aromatic nitrogens is 2. The van der Waals surface area contributed by atoms with Gasteiger partial charge in [-0.2, -0.15) is 5.10 Å². The molecule has 0 fully saturated rings. The summed E-state index contributed by atoms with van der Waals surface area (Å²) >= 11 is 0. The Morgan fingerprint density at radius 1 is 1.53 bits per heavy atom. The lowest BCUT2D eigenvalue weighted by molar-refractivity contribution is 0.183. The lowest BCUT2D eigenvalue weighted by atomic mass is 10.2. The third-order valence-corrected chi connectivity index (χ3v) is 2.45. The van der Waals surface area contributed by atoms with E-state index in [9.17, 15) is 0 Å². The van der Waals surface area contributed by atoms with Gasteiger partial charge in [0.05, 0.1) is 19.3 Å². The fraction of sp³-hybridized carbons (Fsp3) is 0.727. The van der Waals surface area contributed by atoms with Crippen LogP contribution in [0.1, 0.15) is 24.6 Å². The van der Waals surface area contributed by atoms with Crippen LogP contribution in [0, 0.1) is 6.92 Å². The van der Waals surface area contributed by atoms with E-state index >= 15 is 0 Å². The van der Waals surface area contributed by atoms with Crippen molar-refractivity contribution in [3.05, 3.63) is 17.5 Å². The summed E-state index contributed by atoms with van der Waals surface area (Å²) in [6.45, 7) is 7.78. The zero-order valence-electron chi connectivity index (χ0n) is 9.92. The van der Waals surface area contributed by atoms with Gasteiger partial charge in [0.1, 0.15) is 0 Å². The molecule has 0 radical (unpaired) electrons. The fourth-order valence-corrected chi connectivity index (χ4v) is 1.46. The van der Waals surface area contributed by atoms with Gasteiger partial charge in [0.25, 0.3) is 0 Å². The second kappa shape index (κ2) is 6.58. The number of methoxy groups -OCH3 is 1.